The summed E-state index contributed by atoms with van der Waals surface area (Å²) in [7, 11) is 0. The summed E-state index contributed by atoms with van der Waals surface area (Å²) in [5.74, 6) is 0. The molecule has 19 heavy (non-hydrogen) atoms. The van der Waals surface area contributed by atoms with Crippen LogP contribution in [0.2, 0.25) is 0 Å². The molecular formula is C11H18N4O4. The molecular weight excluding hydrogens is 252 g/mol. The molecule has 2 N–H and O–H groups in total. The standard InChI is InChI=1S/C11H18N4O4/c1-11(2,3)13-5-9(16)7-14-6-8(15(18)19)4-12-10(14)17/h4,6,9,13,16H,5,7H2,1-3H3. The van der Waals surface area contributed by atoms with E-state index in [1.807, 2.05) is 20.8 Å². The number of nitrogens with zero attached hydrogens (tertiary/aromatic N) is 3. The second-order valence-corrected chi connectivity index (χ2v) is 5.29. The van der Waals surface area contributed by atoms with Gasteiger partial charge in [0.05, 0.1) is 23.8 Å². The lowest BCUT2D eigenvalue weighted by atomic mass is 10.1. The largest absolute Gasteiger partial charge is 0.390 e. The van der Waals surface area contributed by atoms with Crippen LogP contribution in [0.15, 0.2) is 17.2 Å². The van der Waals surface area contributed by atoms with Crippen LogP contribution in [0.4, 0.5) is 5.69 Å². The zero-order valence-electron chi connectivity index (χ0n) is 11.2. The summed E-state index contributed by atoms with van der Waals surface area (Å²) < 4.78 is 1.03. The number of nitro groups is 1. The molecule has 0 saturated carbocycles. The Hall–Kier alpha value is -1.80. The maximum atomic E-state index is 11.4. The first kappa shape index (κ1) is 15.3. The zero-order chi connectivity index (χ0) is 14.6. The van der Waals surface area contributed by atoms with Gasteiger partial charge in [-0.3, -0.25) is 14.7 Å². The molecule has 0 spiro atoms. The van der Waals surface area contributed by atoms with Crippen LogP contribution in [-0.2, 0) is 6.54 Å². The Balaban J connectivity index is 2.73. The summed E-state index contributed by atoms with van der Waals surface area (Å²) in [4.78, 5) is 24.8. The van der Waals surface area contributed by atoms with Gasteiger partial charge in [-0.05, 0) is 20.8 Å². The summed E-state index contributed by atoms with van der Waals surface area (Å²) in [5, 5.41) is 23.5. The Morgan fingerprint density at radius 1 is 1.58 bits per heavy atom. The molecule has 0 bridgehead atoms. The predicted octanol–water partition coefficient (Wildman–Crippen LogP) is -0.0995. The van der Waals surface area contributed by atoms with Crippen LogP contribution in [0.25, 0.3) is 0 Å². The summed E-state index contributed by atoms with van der Waals surface area (Å²) in [6.07, 6.45) is 1.15. The highest BCUT2D eigenvalue weighted by atomic mass is 16.6. The molecule has 106 valence electrons. The number of hydrogen-bond acceptors (Lipinski definition) is 6. The molecule has 1 aromatic heterocycles. The fraction of sp³-hybridized carbons (Fsp3) is 0.636. The third-order valence-electron chi connectivity index (χ3n) is 2.33. The fourth-order valence-corrected chi connectivity index (χ4v) is 1.38. The molecule has 1 unspecified atom stereocenters. The van der Waals surface area contributed by atoms with Gasteiger partial charge >= 0.3 is 11.4 Å². The Bertz CT molecular complexity index is 506. The van der Waals surface area contributed by atoms with Crippen molar-refractivity contribution in [2.75, 3.05) is 6.54 Å². The number of aliphatic hydroxyl groups is 1. The Morgan fingerprint density at radius 3 is 2.74 bits per heavy atom. The van der Waals surface area contributed by atoms with Crippen molar-refractivity contribution in [2.24, 2.45) is 0 Å². The molecule has 1 rings (SSSR count). The first-order chi connectivity index (χ1) is 8.69. The Labute approximate surface area is 110 Å². The summed E-state index contributed by atoms with van der Waals surface area (Å²) in [5.41, 5.74) is -1.07. The molecule has 1 aromatic rings. The molecule has 8 heteroatoms. The normalized spacial score (nSPS) is 13.3. The number of hydrogen-bond donors (Lipinski definition) is 2. The van der Waals surface area contributed by atoms with Gasteiger partial charge in [0.15, 0.2) is 0 Å². The Kier molecular flexibility index (Phi) is 4.73. The maximum Gasteiger partial charge on any atom is 0.348 e. The fourth-order valence-electron chi connectivity index (χ4n) is 1.38. The van der Waals surface area contributed by atoms with Crippen molar-refractivity contribution in [1.82, 2.24) is 14.9 Å². The van der Waals surface area contributed by atoms with Gasteiger partial charge in [0.25, 0.3) is 0 Å². The van der Waals surface area contributed by atoms with Crippen molar-refractivity contribution >= 4 is 5.69 Å². The van der Waals surface area contributed by atoms with Crippen molar-refractivity contribution < 1.29 is 10.0 Å². The van der Waals surface area contributed by atoms with E-state index in [2.05, 4.69) is 10.3 Å². The predicted molar refractivity (Wildman–Crippen MR) is 68.9 cm³/mol. The smallest absolute Gasteiger partial charge is 0.348 e. The first-order valence-corrected chi connectivity index (χ1v) is 5.83. The monoisotopic (exact) mass is 270 g/mol. The van der Waals surface area contributed by atoms with E-state index in [-0.39, 0.29) is 24.3 Å². The molecule has 0 radical (unpaired) electrons. The van der Waals surface area contributed by atoms with E-state index in [0.29, 0.717) is 0 Å². The third-order valence-corrected chi connectivity index (χ3v) is 2.33. The summed E-state index contributed by atoms with van der Waals surface area (Å²) in [6.45, 7) is 6.07. The molecule has 0 aliphatic heterocycles. The highest BCUT2D eigenvalue weighted by Crippen LogP contribution is 2.05. The number of aliphatic hydroxyl groups excluding tert-OH is 1. The van der Waals surface area contributed by atoms with Crippen molar-refractivity contribution in [1.29, 1.82) is 0 Å². The third kappa shape index (κ3) is 5.14. The minimum absolute atomic E-state index is 0.0450. The molecule has 1 atom stereocenters. The number of β-amino-alcohol motifs (C(OH)–C–C–N with tert-alkyl or cyclic N) is 1. The van der Waals surface area contributed by atoms with Gasteiger partial charge in [-0.1, -0.05) is 0 Å². The van der Waals surface area contributed by atoms with E-state index in [1.54, 1.807) is 0 Å². The summed E-state index contributed by atoms with van der Waals surface area (Å²) >= 11 is 0. The van der Waals surface area contributed by atoms with Gasteiger partial charge in [0, 0.05) is 12.1 Å². The van der Waals surface area contributed by atoms with Gasteiger partial charge in [-0.25, -0.2) is 4.79 Å². The van der Waals surface area contributed by atoms with E-state index >= 15 is 0 Å². The van der Waals surface area contributed by atoms with Crippen LogP contribution in [0.1, 0.15) is 20.8 Å². The van der Waals surface area contributed by atoms with Crippen molar-refractivity contribution in [3.8, 4) is 0 Å². The second kappa shape index (κ2) is 5.89. The van der Waals surface area contributed by atoms with E-state index in [4.69, 9.17) is 0 Å². The average Bonchev–Trinajstić information content (AvgIpc) is 2.28. The molecule has 1 heterocycles. The number of aromatic nitrogens is 2. The van der Waals surface area contributed by atoms with Crippen LogP contribution < -0.4 is 11.0 Å². The lowest BCUT2D eigenvalue weighted by Gasteiger charge is -2.23. The minimum atomic E-state index is -0.833. The lowest BCUT2D eigenvalue weighted by molar-refractivity contribution is -0.385. The van der Waals surface area contributed by atoms with Gasteiger partial charge in [0.1, 0.15) is 6.20 Å². The van der Waals surface area contributed by atoms with Gasteiger partial charge < -0.3 is 10.4 Å². The Morgan fingerprint density at radius 2 is 2.21 bits per heavy atom. The van der Waals surface area contributed by atoms with Crippen LogP contribution >= 0.6 is 0 Å². The quantitative estimate of drug-likeness (QED) is 0.571. The van der Waals surface area contributed by atoms with Crippen molar-refractivity contribution in [3.05, 3.63) is 33.0 Å². The van der Waals surface area contributed by atoms with Gasteiger partial charge in [-0.2, -0.15) is 4.98 Å². The first-order valence-electron chi connectivity index (χ1n) is 5.83. The molecule has 0 aromatic carbocycles. The van der Waals surface area contributed by atoms with Crippen LogP contribution in [0.3, 0.4) is 0 Å². The van der Waals surface area contributed by atoms with E-state index in [9.17, 15) is 20.0 Å². The number of rotatable bonds is 5. The van der Waals surface area contributed by atoms with Gasteiger partial charge in [0.2, 0.25) is 0 Å². The van der Waals surface area contributed by atoms with Crippen molar-refractivity contribution in [3.63, 3.8) is 0 Å². The van der Waals surface area contributed by atoms with E-state index in [0.717, 1.165) is 17.0 Å². The maximum absolute atomic E-state index is 11.4. The van der Waals surface area contributed by atoms with Crippen LogP contribution in [0.5, 0.6) is 0 Å². The number of nitrogens with one attached hydrogen (secondary N) is 1. The van der Waals surface area contributed by atoms with Gasteiger partial charge in [-0.15, -0.1) is 0 Å². The van der Waals surface area contributed by atoms with Crippen LogP contribution in [0, 0.1) is 10.1 Å². The molecule has 0 saturated heterocycles. The van der Waals surface area contributed by atoms with Crippen LogP contribution in [-0.4, -0.2) is 37.8 Å². The SMILES string of the molecule is CC(C)(C)NCC(O)Cn1cc([N+](=O)[O-])cnc1=O. The second-order valence-electron chi connectivity index (χ2n) is 5.29. The van der Waals surface area contributed by atoms with E-state index in [1.165, 1.54) is 0 Å². The molecule has 0 amide bonds. The van der Waals surface area contributed by atoms with E-state index < -0.39 is 16.7 Å². The lowest BCUT2D eigenvalue weighted by Crippen LogP contribution is -2.43. The highest BCUT2D eigenvalue weighted by Gasteiger charge is 2.15. The highest BCUT2D eigenvalue weighted by molar-refractivity contribution is 5.20. The zero-order valence-corrected chi connectivity index (χ0v) is 11.2. The van der Waals surface area contributed by atoms with Crippen molar-refractivity contribution in [2.45, 2.75) is 39.0 Å². The molecule has 8 nitrogen and oxygen atoms in total. The average molecular weight is 270 g/mol. The molecule has 0 aliphatic rings. The minimum Gasteiger partial charge on any atom is -0.390 e. The molecule has 0 aliphatic carbocycles. The summed E-state index contributed by atoms with van der Waals surface area (Å²) in [6, 6.07) is 0. The molecule has 0 fully saturated rings. The topological polar surface area (TPSA) is 110 Å².